The summed E-state index contributed by atoms with van der Waals surface area (Å²) in [5, 5.41) is 17.9. The van der Waals surface area contributed by atoms with Crippen LogP contribution in [0.25, 0.3) is 0 Å². The topological polar surface area (TPSA) is 109 Å². The first kappa shape index (κ1) is 18.1. The smallest absolute Gasteiger partial charge is 0.248 e. The second-order valence-electron chi connectivity index (χ2n) is 6.91. The highest BCUT2D eigenvalue weighted by molar-refractivity contribution is 5.91. The molecular weight excluding hydrogens is 334 g/mol. The fourth-order valence-electron chi connectivity index (χ4n) is 3.03. The van der Waals surface area contributed by atoms with Crippen molar-refractivity contribution in [2.45, 2.75) is 33.1 Å². The molecule has 140 valence electrons. The molecule has 1 aliphatic rings. The van der Waals surface area contributed by atoms with Crippen LogP contribution in [-0.2, 0) is 11.2 Å². The first-order valence-electron chi connectivity index (χ1n) is 8.90. The molecular formula is C17H25N7O2. The number of hydrogen-bond donors (Lipinski definition) is 2. The van der Waals surface area contributed by atoms with E-state index in [-0.39, 0.29) is 11.8 Å². The van der Waals surface area contributed by atoms with Crippen LogP contribution in [0, 0.1) is 11.8 Å². The van der Waals surface area contributed by atoms with Crippen molar-refractivity contribution in [3.8, 4) is 5.88 Å². The first-order chi connectivity index (χ1) is 12.5. The SMILES string of the molecule is COc1ccc(N2CCC[C@@H](C(=O)Nc3n[nH]c(CC(C)C)n3)C2)nn1. The fourth-order valence-corrected chi connectivity index (χ4v) is 3.03. The van der Waals surface area contributed by atoms with Crippen molar-refractivity contribution in [1.29, 1.82) is 0 Å². The van der Waals surface area contributed by atoms with E-state index < -0.39 is 0 Å². The molecule has 0 bridgehead atoms. The number of amides is 1. The number of hydrogen-bond acceptors (Lipinski definition) is 7. The Labute approximate surface area is 152 Å². The number of nitrogens with one attached hydrogen (secondary N) is 2. The van der Waals surface area contributed by atoms with Crippen LogP contribution < -0.4 is 15.0 Å². The van der Waals surface area contributed by atoms with Gasteiger partial charge < -0.3 is 9.64 Å². The number of nitrogens with zero attached hydrogens (tertiary/aromatic N) is 5. The normalized spacial score (nSPS) is 17.4. The number of piperidine rings is 1. The summed E-state index contributed by atoms with van der Waals surface area (Å²) in [6.45, 7) is 5.67. The molecule has 0 aromatic carbocycles. The molecule has 2 aromatic heterocycles. The first-order valence-corrected chi connectivity index (χ1v) is 8.90. The van der Waals surface area contributed by atoms with Gasteiger partial charge in [-0.2, -0.15) is 4.98 Å². The quantitative estimate of drug-likeness (QED) is 0.807. The second-order valence-corrected chi connectivity index (χ2v) is 6.91. The number of rotatable bonds is 6. The van der Waals surface area contributed by atoms with Gasteiger partial charge in [0, 0.05) is 25.6 Å². The van der Waals surface area contributed by atoms with Gasteiger partial charge in [-0.1, -0.05) is 13.8 Å². The highest BCUT2D eigenvalue weighted by Gasteiger charge is 2.27. The molecule has 1 amide bonds. The summed E-state index contributed by atoms with van der Waals surface area (Å²) in [5.74, 6) is 2.62. The highest BCUT2D eigenvalue weighted by Crippen LogP contribution is 2.23. The van der Waals surface area contributed by atoms with Crippen molar-refractivity contribution < 1.29 is 9.53 Å². The largest absolute Gasteiger partial charge is 0.480 e. The summed E-state index contributed by atoms with van der Waals surface area (Å²) in [6, 6.07) is 3.63. The van der Waals surface area contributed by atoms with Crippen LogP contribution >= 0.6 is 0 Å². The molecule has 3 heterocycles. The van der Waals surface area contributed by atoms with Gasteiger partial charge in [-0.25, -0.2) is 0 Å². The Hall–Kier alpha value is -2.71. The van der Waals surface area contributed by atoms with Gasteiger partial charge in [0.1, 0.15) is 5.82 Å². The van der Waals surface area contributed by atoms with Gasteiger partial charge in [-0.15, -0.1) is 15.3 Å². The molecule has 0 aliphatic carbocycles. The maximum absolute atomic E-state index is 12.6. The Balaban J connectivity index is 1.59. The number of anilines is 2. The number of carbonyl (C=O) groups excluding carboxylic acids is 1. The highest BCUT2D eigenvalue weighted by atomic mass is 16.5. The molecule has 2 aromatic rings. The molecule has 9 nitrogen and oxygen atoms in total. The van der Waals surface area contributed by atoms with Crippen molar-refractivity contribution in [2.24, 2.45) is 11.8 Å². The van der Waals surface area contributed by atoms with Crippen molar-refractivity contribution >= 4 is 17.7 Å². The zero-order valence-corrected chi connectivity index (χ0v) is 15.4. The number of carbonyl (C=O) groups is 1. The molecule has 1 aliphatic heterocycles. The van der Waals surface area contributed by atoms with E-state index in [4.69, 9.17) is 4.74 Å². The van der Waals surface area contributed by atoms with E-state index in [1.807, 2.05) is 6.07 Å². The standard InChI is InChI=1S/C17H25N7O2/c1-11(2)9-13-18-17(23-20-13)19-16(25)12-5-4-8-24(10-12)14-6-7-15(26-3)22-21-14/h6-7,11-12H,4-5,8-10H2,1-3H3,(H2,18,19,20,23,25)/t12-/m1/s1. The van der Waals surface area contributed by atoms with Crippen LogP contribution in [0.2, 0.25) is 0 Å². The van der Waals surface area contributed by atoms with Gasteiger partial charge in [0.15, 0.2) is 5.82 Å². The summed E-state index contributed by atoms with van der Waals surface area (Å²) in [4.78, 5) is 19.0. The van der Waals surface area contributed by atoms with Crippen molar-refractivity contribution in [2.75, 3.05) is 30.4 Å². The van der Waals surface area contributed by atoms with E-state index >= 15 is 0 Å². The zero-order chi connectivity index (χ0) is 18.5. The Morgan fingerprint density at radius 1 is 1.42 bits per heavy atom. The maximum Gasteiger partial charge on any atom is 0.248 e. The lowest BCUT2D eigenvalue weighted by molar-refractivity contribution is -0.120. The molecule has 0 saturated carbocycles. The van der Waals surface area contributed by atoms with Crippen molar-refractivity contribution in [3.05, 3.63) is 18.0 Å². The minimum absolute atomic E-state index is 0.0636. The third kappa shape index (κ3) is 4.47. The summed E-state index contributed by atoms with van der Waals surface area (Å²) < 4.78 is 5.04. The van der Waals surface area contributed by atoms with E-state index in [2.05, 4.69) is 49.4 Å². The van der Waals surface area contributed by atoms with E-state index in [0.29, 0.717) is 24.3 Å². The van der Waals surface area contributed by atoms with E-state index in [1.165, 1.54) is 0 Å². The van der Waals surface area contributed by atoms with Crippen molar-refractivity contribution in [1.82, 2.24) is 25.4 Å². The molecule has 26 heavy (non-hydrogen) atoms. The van der Waals surface area contributed by atoms with Crippen LogP contribution in [0.15, 0.2) is 12.1 Å². The molecule has 0 spiro atoms. The van der Waals surface area contributed by atoms with E-state index in [1.54, 1.807) is 13.2 Å². The molecule has 2 N–H and O–H groups in total. The van der Waals surface area contributed by atoms with Gasteiger partial charge in [-0.05, 0) is 24.8 Å². The lowest BCUT2D eigenvalue weighted by Gasteiger charge is -2.32. The Kier molecular flexibility index (Phi) is 5.65. The van der Waals surface area contributed by atoms with Crippen LogP contribution in [0.3, 0.4) is 0 Å². The average molecular weight is 359 g/mol. The van der Waals surface area contributed by atoms with Gasteiger partial charge in [-0.3, -0.25) is 15.2 Å². The number of H-pyrrole nitrogens is 1. The monoisotopic (exact) mass is 359 g/mol. The fraction of sp³-hybridized carbons (Fsp3) is 0.588. The Morgan fingerprint density at radius 2 is 2.27 bits per heavy atom. The molecule has 1 atom stereocenters. The van der Waals surface area contributed by atoms with Gasteiger partial charge in [0.2, 0.25) is 17.7 Å². The molecule has 1 saturated heterocycles. The second kappa shape index (κ2) is 8.11. The van der Waals surface area contributed by atoms with Gasteiger partial charge in [0.25, 0.3) is 0 Å². The van der Waals surface area contributed by atoms with E-state index in [9.17, 15) is 4.79 Å². The van der Waals surface area contributed by atoms with E-state index in [0.717, 1.165) is 37.4 Å². The number of aromatic amines is 1. The maximum atomic E-state index is 12.6. The summed E-state index contributed by atoms with van der Waals surface area (Å²) >= 11 is 0. The number of aromatic nitrogens is 5. The van der Waals surface area contributed by atoms with Gasteiger partial charge >= 0.3 is 0 Å². The summed E-state index contributed by atoms with van der Waals surface area (Å²) in [6.07, 6.45) is 2.55. The summed E-state index contributed by atoms with van der Waals surface area (Å²) in [5.41, 5.74) is 0. The third-order valence-electron chi connectivity index (χ3n) is 4.32. The zero-order valence-electron chi connectivity index (χ0n) is 15.4. The minimum atomic E-state index is -0.139. The minimum Gasteiger partial charge on any atom is -0.480 e. The lowest BCUT2D eigenvalue weighted by atomic mass is 9.97. The molecule has 0 unspecified atom stereocenters. The van der Waals surface area contributed by atoms with Crippen molar-refractivity contribution in [3.63, 3.8) is 0 Å². The van der Waals surface area contributed by atoms with Gasteiger partial charge in [0.05, 0.1) is 13.0 Å². The van der Waals surface area contributed by atoms with Crippen LogP contribution in [0.5, 0.6) is 5.88 Å². The Bertz CT molecular complexity index is 729. The van der Waals surface area contributed by atoms with Crippen LogP contribution in [-0.4, -0.2) is 51.5 Å². The third-order valence-corrected chi connectivity index (χ3v) is 4.32. The summed E-state index contributed by atoms with van der Waals surface area (Å²) in [7, 11) is 1.56. The molecule has 1 fully saturated rings. The molecule has 3 rings (SSSR count). The lowest BCUT2D eigenvalue weighted by Crippen LogP contribution is -2.41. The predicted octanol–water partition coefficient (Wildman–Crippen LogP) is 1.66. The number of methoxy groups -OCH3 is 1. The predicted molar refractivity (Wildman–Crippen MR) is 97.1 cm³/mol. The van der Waals surface area contributed by atoms with Crippen LogP contribution in [0.1, 0.15) is 32.5 Å². The van der Waals surface area contributed by atoms with Crippen LogP contribution in [0.4, 0.5) is 11.8 Å². The Morgan fingerprint density at radius 3 is 2.96 bits per heavy atom. The molecule has 0 radical (unpaired) electrons. The molecule has 9 heteroatoms. The number of ether oxygens (including phenoxy) is 1. The average Bonchev–Trinajstić information content (AvgIpc) is 3.08.